The first-order valence-corrected chi connectivity index (χ1v) is 5.59. The van der Waals surface area contributed by atoms with Gasteiger partial charge in [0.1, 0.15) is 17.4 Å². The van der Waals surface area contributed by atoms with Gasteiger partial charge in [0, 0.05) is 26.2 Å². The fourth-order valence-corrected chi connectivity index (χ4v) is 1.82. The molecule has 2 rings (SSSR count). The fraction of sp³-hybridized carbons (Fsp3) is 0.417. The summed E-state index contributed by atoms with van der Waals surface area (Å²) in [6.45, 7) is 3.64. The van der Waals surface area contributed by atoms with Gasteiger partial charge in [0.25, 0.3) is 0 Å². The van der Waals surface area contributed by atoms with Gasteiger partial charge in [0.05, 0.1) is 5.69 Å². The van der Waals surface area contributed by atoms with Crippen LogP contribution in [0.4, 0.5) is 10.1 Å². The van der Waals surface area contributed by atoms with Crippen molar-refractivity contribution in [2.45, 2.75) is 0 Å². The van der Waals surface area contributed by atoms with E-state index in [-0.39, 0.29) is 5.56 Å². The first kappa shape index (κ1) is 11.8. The number of nitriles is 1. The van der Waals surface area contributed by atoms with Crippen LogP contribution in [0.3, 0.4) is 0 Å². The second-order valence-electron chi connectivity index (χ2n) is 4.18. The molecule has 1 aliphatic rings. The van der Waals surface area contributed by atoms with Crippen molar-refractivity contribution in [2.24, 2.45) is 0 Å². The highest BCUT2D eigenvalue weighted by atomic mass is 19.1. The molecule has 1 saturated heterocycles. The van der Waals surface area contributed by atoms with Crippen molar-refractivity contribution in [1.29, 1.82) is 5.26 Å². The molecule has 4 nitrogen and oxygen atoms in total. The zero-order chi connectivity index (χ0) is 12.3. The monoisotopic (exact) mass is 234 g/mol. The molecule has 1 aromatic carbocycles. The molecule has 0 saturated carbocycles. The summed E-state index contributed by atoms with van der Waals surface area (Å²) in [7, 11) is 2.07. The van der Waals surface area contributed by atoms with E-state index in [1.54, 1.807) is 12.1 Å². The molecule has 1 aromatic rings. The molecule has 5 heteroatoms. The summed E-state index contributed by atoms with van der Waals surface area (Å²) in [4.78, 5) is 2.23. The van der Waals surface area contributed by atoms with E-state index in [0.29, 0.717) is 5.69 Å². The normalized spacial score (nSPS) is 17.7. The highest BCUT2D eigenvalue weighted by molar-refractivity contribution is 5.57. The van der Waals surface area contributed by atoms with Crippen molar-refractivity contribution in [1.82, 2.24) is 9.91 Å². The number of nitrogens with zero attached hydrogens (tertiary/aromatic N) is 3. The van der Waals surface area contributed by atoms with Crippen LogP contribution in [-0.2, 0) is 0 Å². The summed E-state index contributed by atoms with van der Waals surface area (Å²) in [5, 5.41) is 10.9. The Balaban J connectivity index is 2.09. The summed E-state index contributed by atoms with van der Waals surface area (Å²) in [6.07, 6.45) is 0. The van der Waals surface area contributed by atoms with Gasteiger partial charge in [-0.05, 0) is 19.2 Å². The van der Waals surface area contributed by atoms with Gasteiger partial charge in [-0.1, -0.05) is 6.07 Å². The van der Waals surface area contributed by atoms with Crippen LogP contribution in [0.5, 0.6) is 0 Å². The maximum Gasteiger partial charge on any atom is 0.143 e. The number of hydrazine groups is 1. The molecule has 0 aromatic heterocycles. The first-order valence-electron chi connectivity index (χ1n) is 5.59. The molecule has 1 fully saturated rings. The number of anilines is 1. The number of hydrogen-bond acceptors (Lipinski definition) is 4. The minimum absolute atomic E-state index is 0.0754. The van der Waals surface area contributed by atoms with E-state index in [1.807, 2.05) is 11.1 Å². The minimum Gasteiger partial charge on any atom is -0.317 e. The van der Waals surface area contributed by atoms with Crippen LogP contribution in [-0.4, -0.2) is 43.1 Å². The third kappa shape index (κ3) is 2.73. The Morgan fingerprint density at radius 2 is 2.00 bits per heavy atom. The van der Waals surface area contributed by atoms with Gasteiger partial charge in [0.15, 0.2) is 0 Å². The Hall–Kier alpha value is -1.64. The molecule has 17 heavy (non-hydrogen) atoms. The Morgan fingerprint density at radius 3 is 2.65 bits per heavy atom. The smallest absolute Gasteiger partial charge is 0.143 e. The molecular formula is C12H15FN4. The van der Waals surface area contributed by atoms with E-state index in [2.05, 4.69) is 17.4 Å². The van der Waals surface area contributed by atoms with Gasteiger partial charge in [-0.3, -0.25) is 0 Å². The molecule has 0 atom stereocenters. The van der Waals surface area contributed by atoms with E-state index >= 15 is 0 Å². The largest absolute Gasteiger partial charge is 0.317 e. The van der Waals surface area contributed by atoms with Crippen LogP contribution in [0, 0.1) is 17.1 Å². The number of halogens is 1. The molecule has 1 aliphatic heterocycles. The number of benzene rings is 1. The topological polar surface area (TPSA) is 42.3 Å². The van der Waals surface area contributed by atoms with Crippen LogP contribution in [0.15, 0.2) is 18.2 Å². The average molecular weight is 234 g/mol. The number of likely N-dealkylation sites (N-methyl/N-ethyl adjacent to an activating group) is 1. The molecule has 0 bridgehead atoms. The van der Waals surface area contributed by atoms with Crippen molar-refractivity contribution in [3.8, 4) is 6.07 Å². The highest BCUT2D eigenvalue weighted by Crippen LogP contribution is 2.18. The zero-order valence-corrected chi connectivity index (χ0v) is 9.78. The minimum atomic E-state index is -0.480. The predicted molar refractivity (Wildman–Crippen MR) is 63.8 cm³/mol. The lowest BCUT2D eigenvalue weighted by molar-refractivity contribution is 0.179. The summed E-state index contributed by atoms with van der Waals surface area (Å²) < 4.78 is 13.4. The van der Waals surface area contributed by atoms with Gasteiger partial charge in [-0.2, -0.15) is 5.26 Å². The Kier molecular flexibility index (Phi) is 3.57. The van der Waals surface area contributed by atoms with E-state index in [4.69, 9.17) is 5.26 Å². The van der Waals surface area contributed by atoms with Crippen LogP contribution in [0.25, 0.3) is 0 Å². The molecule has 0 unspecified atom stereocenters. The van der Waals surface area contributed by atoms with E-state index < -0.39 is 5.82 Å². The van der Waals surface area contributed by atoms with Crippen LogP contribution in [0.1, 0.15) is 5.56 Å². The summed E-state index contributed by atoms with van der Waals surface area (Å²) in [5.74, 6) is -0.480. The van der Waals surface area contributed by atoms with Crippen LogP contribution >= 0.6 is 0 Å². The number of nitrogens with one attached hydrogen (secondary N) is 1. The molecule has 90 valence electrons. The second-order valence-corrected chi connectivity index (χ2v) is 4.18. The molecule has 1 N–H and O–H groups in total. The van der Waals surface area contributed by atoms with Crippen molar-refractivity contribution >= 4 is 5.69 Å². The molecule has 0 radical (unpaired) electrons. The quantitative estimate of drug-likeness (QED) is 0.837. The second kappa shape index (κ2) is 5.13. The van der Waals surface area contributed by atoms with Gasteiger partial charge in [-0.25, -0.2) is 9.40 Å². The van der Waals surface area contributed by atoms with E-state index in [0.717, 1.165) is 26.2 Å². The van der Waals surface area contributed by atoms with Gasteiger partial charge in [0.2, 0.25) is 0 Å². The lowest BCUT2D eigenvalue weighted by atomic mass is 10.2. The van der Waals surface area contributed by atoms with Gasteiger partial charge >= 0.3 is 0 Å². The summed E-state index contributed by atoms with van der Waals surface area (Å²) in [6, 6.07) is 6.51. The first-order chi connectivity index (χ1) is 8.20. The molecule has 0 spiro atoms. The molecule has 0 aliphatic carbocycles. The van der Waals surface area contributed by atoms with Gasteiger partial charge < -0.3 is 10.3 Å². The van der Waals surface area contributed by atoms with Crippen molar-refractivity contribution < 1.29 is 4.39 Å². The molecular weight excluding hydrogens is 219 g/mol. The maximum absolute atomic E-state index is 13.4. The highest BCUT2D eigenvalue weighted by Gasteiger charge is 2.15. The predicted octanol–water partition coefficient (Wildman–Crippen LogP) is 1.27. The lowest BCUT2D eigenvalue weighted by Gasteiger charge is -2.33. The fourth-order valence-electron chi connectivity index (χ4n) is 1.82. The molecule has 1 heterocycles. The van der Waals surface area contributed by atoms with E-state index in [9.17, 15) is 4.39 Å². The van der Waals surface area contributed by atoms with Gasteiger partial charge in [-0.15, -0.1) is 0 Å². The van der Waals surface area contributed by atoms with Crippen molar-refractivity contribution in [3.63, 3.8) is 0 Å². The van der Waals surface area contributed by atoms with Crippen LogP contribution in [0.2, 0.25) is 0 Å². The third-order valence-corrected chi connectivity index (χ3v) is 2.91. The summed E-state index contributed by atoms with van der Waals surface area (Å²) >= 11 is 0. The third-order valence-electron chi connectivity index (χ3n) is 2.91. The Morgan fingerprint density at radius 1 is 1.29 bits per heavy atom. The SMILES string of the molecule is CN1CCN(Nc2cccc(F)c2C#N)CC1. The number of hydrogen-bond donors (Lipinski definition) is 1. The Labute approximate surface area is 100 Å². The molecule has 0 amide bonds. The summed E-state index contributed by atoms with van der Waals surface area (Å²) in [5.41, 5.74) is 3.72. The maximum atomic E-state index is 13.4. The van der Waals surface area contributed by atoms with Crippen molar-refractivity contribution in [2.75, 3.05) is 38.7 Å². The standard InChI is InChI=1S/C12H15FN4/c1-16-5-7-17(8-6-16)15-12-4-2-3-11(13)10(12)9-14/h2-4,15H,5-8H2,1H3. The Bertz CT molecular complexity index is 433. The van der Waals surface area contributed by atoms with E-state index in [1.165, 1.54) is 6.07 Å². The number of piperazine rings is 1. The lowest BCUT2D eigenvalue weighted by Crippen LogP contribution is -2.47. The van der Waals surface area contributed by atoms with Crippen LogP contribution < -0.4 is 5.43 Å². The van der Waals surface area contributed by atoms with Crippen molar-refractivity contribution in [3.05, 3.63) is 29.6 Å². The number of rotatable bonds is 2. The zero-order valence-electron chi connectivity index (χ0n) is 9.78. The average Bonchev–Trinajstić information content (AvgIpc) is 2.32.